The van der Waals surface area contributed by atoms with E-state index in [9.17, 15) is 0 Å². The second-order valence-electron chi connectivity index (χ2n) is 4.49. The summed E-state index contributed by atoms with van der Waals surface area (Å²) >= 11 is 4.29. The number of thioether (sulfide) groups is 2. The molecule has 1 nitrogen and oxygen atoms in total. The van der Waals surface area contributed by atoms with Gasteiger partial charge in [-0.25, -0.2) is 0 Å². The SMILES string of the molecule is CC1CCCC1NCC1CSCCS1. The molecular weight excluding hydrogens is 210 g/mol. The van der Waals surface area contributed by atoms with Crippen molar-refractivity contribution in [3.63, 3.8) is 0 Å². The third kappa shape index (κ3) is 3.07. The maximum atomic E-state index is 3.77. The van der Waals surface area contributed by atoms with Gasteiger partial charge in [-0.15, -0.1) is 0 Å². The third-order valence-electron chi connectivity index (χ3n) is 3.35. The van der Waals surface area contributed by atoms with E-state index in [0.717, 1.165) is 17.2 Å². The van der Waals surface area contributed by atoms with Gasteiger partial charge in [0, 0.05) is 35.1 Å². The highest BCUT2D eigenvalue weighted by molar-refractivity contribution is 8.06. The molecule has 3 unspecified atom stereocenters. The van der Waals surface area contributed by atoms with E-state index in [4.69, 9.17) is 0 Å². The zero-order valence-corrected chi connectivity index (χ0v) is 10.6. The Kier molecular flexibility index (Phi) is 4.51. The molecule has 3 heteroatoms. The van der Waals surface area contributed by atoms with Crippen LogP contribution in [0.2, 0.25) is 0 Å². The molecule has 0 aromatic rings. The molecule has 0 bridgehead atoms. The predicted octanol–water partition coefficient (Wildman–Crippen LogP) is 2.61. The summed E-state index contributed by atoms with van der Waals surface area (Å²) in [6, 6.07) is 0.822. The summed E-state index contributed by atoms with van der Waals surface area (Å²) in [6.45, 7) is 3.64. The lowest BCUT2D eigenvalue weighted by Crippen LogP contribution is -2.37. The van der Waals surface area contributed by atoms with Crippen LogP contribution in [0.1, 0.15) is 26.2 Å². The number of rotatable bonds is 3. The minimum absolute atomic E-state index is 0.822. The van der Waals surface area contributed by atoms with Gasteiger partial charge in [0.15, 0.2) is 0 Å². The van der Waals surface area contributed by atoms with E-state index in [1.54, 1.807) is 0 Å². The van der Waals surface area contributed by atoms with Crippen LogP contribution in [0.4, 0.5) is 0 Å². The molecule has 0 spiro atoms. The van der Waals surface area contributed by atoms with Gasteiger partial charge >= 0.3 is 0 Å². The van der Waals surface area contributed by atoms with E-state index >= 15 is 0 Å². The zero-order chi connectivity index (χ0) is 9.80. The molecule has 2 rings (SSSR count). The van der Waals surface area contributed by atoms with E-state index in [-0.39, 0.29) is 0 Å². The Morgan fingerprint density at radius 3 is 2.86 bits per heavy atom. The molecule has 14 heavy (non-hydrogen) atoms. The second-order valence-corrected chi connectivity index (χ2v) is 7.05. The molecule has 1 saturated carbocycles. The molecule has 2 aliphatic rings. The van der Waals surface area contributed by atoms with Crippen molar-refractivity contribution in [1.82, 2.24) is 5.32 Å². The van der Waals surface area contributed by atoms with Crippen LogP contribution in [-0.4, -0.2) is 35.1 Å². The van der Waals surface area contributed by atoms with Crippen LogP contribution in [-0.2, 0) is 0 Å². The van der Waals surface area contributed by atoms with Gasteiger partial charge in [-0.2, -0.15) is 23.5 Å². The molecule has 0 amide bonds. The van der Waals surface area contributed by atoms with Crippen LogP contribution in [0.5, 0.6) is 0 Å². The van der Waals surface area contributed by atoms with Crippen molar-refractivity contribution in [2.24, 2.45) is 5.92 Å². The Morgan fingerprint density at radius 2 is 2.21 bits per heavy atom. The summed E-state index contributed by atoms with van der Waals surface area (Å²) in [7, 11) is 0. The fourth-order valence-electron chi connectivity index (χ4n) is 2.39. The normalized spacial score (nSPS) is 38.8. The van der Waals surface area contributed by atoms with Gasteiger partial charge in [-0.05, 0) is 18.8 Å². The Hall–Kier alpha value is 0.660. The van der Waals surface area contributed by atoms with Crippen LogP contribution >= 0.6 is 23.5 Å². The van der Waals surface area contributed by atoms with Gasteiger partial charge in [-0.3, -0.25) is 0 Å². The van der Waals surface area contributed by atoms with Gasteiger partial charge in [0.2, 0.25) is 0 Å². The number of hydrogen-bond acceptors (Lipinski definition) is 3. The van der Waals surface area contributed by atoms with Gasteiger partial charge in [0.05, 0.1) is 0 Å². The highest BCUT2D eigenvalue weighted by atomic mass is 32.2. The summed E-state index contributed by atoms with van der Waals surface area (Å²) in [4.78, 5) is 0. The molecule has 2 fully saturated rings. The van der Waals surface area contributed by atoms with Crippen molar-refractivity contribution in [1.29, 1.82) is 0 Å². The molecule has 1 aliphatic heterocycles. The lowest BCUT2D eigenvalue weighted by atomic mass is 10.1. The summed E-state index contributed by atoms with van der Waals surface area (Å²) in [6.07, 6.45) is 4.28. The van der Waals surface area contributed by atoms with Crippen LogP contribution in [0.15, 0.2) is 0 Å². The van der Waals surface area contributed by atoms with Crippen molar-refractivity contribution < 1.29 is 0 Å². The number of hydrogen-bond donors (Lipinski definition) is 1. The molecular formula is C11H21NS2. The largest absolute Gasteiger partial charge is 0.313 e. The van der Waals surface area contributed by atoms with Crippen LogP contribution < -0.4 is 5.32 Å². The Bertz CT molecular complexity index is 169. The monoisotopic (exact) mass is 231 g/mol. The lowest BCUT2D eigenvalue weighted by Gasteiger charge is -2.24. The standard InChI is InChI=1S/C11H21NS2/c1-9-3-2-4-11(9)12-7-10-8-13-5-6-14-10/h9-12H,2-8H2,1H3. The molecule has 1 saturated heterocycles. The molecule has 1 N–H and O–H groups in total. The first kappa shape index (κ1) is 11.2. The quantitative estimate of drug-likeness (QED) is 0.802. The first-order chi connectivity index (χ1) is 6.86. The Labute approximate surface area is 96.2 Å². The van der Waals surface area contributed by atoms with Crippen molar-refractivity contribution in [2.75, 3.05) is 23.8 Å². The van der Waals surface area contributed by atoms with Gasteiger partial charge in [0.1, 0.15) is 0 Å². The molecule has 1 aliphatic carbocycles. The zero-order valence-electron chi connectivity index (χ0n) is 9.00. The second kappa shape index (κ2) is 5.66. The summed E-state index contributed by atoms with van der Waals surface area (Å²) in [5.74, 6) is 4.99. The van der Waals surface area contributed by atoms with Crippen molar-refractivity contribution in [2.45, 2.75) is 37.5 Å². The first-order valence-electron chi connectivity index (χ1n) is 5.79. The smallest absolute Gasteiger partial charge is 0.0263 e. The summed E-state index contributed by atoms with van der Waals surface area (Å²) in [5, 5.41) is 4.64. The Morgan fingerprint density at radius 1 is 1.29 bits per heavy atom. The third-order valence-corrected chi connectivity index (χ3v) is 6.20. The van der Waals surface area contributed by atoms with Crippen molar-refractivity contribution in [3.05, 3.63) is 0 Å². The Balaban J connectivity index is 1.65. The molecule has 0 aromatic carbocycles. The topological polar surface area (TPSA) is 12.0 Å². The molecule has 82 valence electrons. The molecule has 1 heterocycles. The first-order valence-corrected chi connectivity index (χ1v) is 7.99. The van der Waals surface area contributed by atoms with E-state index < -0.39 is 0 Å². The lowest BCUT2D eigenvalue weighted by molar-refractivity contribution is 0.430. The fourth-order valence-corrected chi connectivity index (χ4v) is 5.01. The maximum absolute atomic E-state index is 3.77. The van der Waals surface area contributed by atoms with Crippen molar-refractivity contribution >= 4 is 23.5 Å². The highest BCUT2D eigenvalue weighted by Gasteiger charge is 2.24. The van der Waals surface area contributed by atoms with E-state index in [1.165, 1.54) is 43.1 Å². The van der Waals surface area contributed by atoms with Crippen LogP contribution in [0, 0.1) is 5.92 Å². The van der Waals surface area contributed by atoms with Crippen molar-refractivity contribution in [3.8, 4) is 0 Å². The maximum Gasteiger partial charge on any atom is 0.0263 e. The minimum Gasteiger partial charge on any atom is -0.313 e. The highest BCUT2D eigenvalue weighted by Crippen LogP contribution is 2.27. The van der Waals surface area contributed by atoms with E-state index in [0.29, 0.717) is 0 Å². The molecule has 3 atom stereocenters. The molecule has 0 radical (unpaired) electrons. The van der Waals surface area contributed by atoms with Crippen LogP contribution in [0.3, 0.4) is 0 Å². The van der Waals surface area contributed by atoms with E-state index in [1.807, 2.05) is 0 Å². The van der Waals surface area contributed by atoms with Gasteiger partial charge in [0.25, 0.3) is 0 Å². The van der Waals surface area contributed by atoms with E-state index in [2.05, 4.69) is 35.8 Å². The predicted molar refractivity (Wildman–Crippen MR) is 68.4 cm³/mol. The average molecular weight is 231 g/mol. The summed E-state index contributed by atoms with van der Waals surface area (Å²) in [5.41, 5.74) is 0. The fraction of sp³-hybridized carbons (Fsp3) is 1.00. The van der Waals surface area contributed by atoms with Gasteiger partial charge < -0.3 is 5.32 Å². The summed E-state index contributed by atoms with van der Waals surface area (Å²) < 4.78 is 0. The molecule has 0 aromatic heterocycles. The average Bonchev–Trinajstić information content (AvgIpc) is 2.63. The minimum atomic E-state index is 0.822. The van der Waals surface area contributed by atoms with Gasteiger partial charge in [-0.1, -0.05) is 13.3 Å². The number of nitrogens with one attached hydrogen (secondary N) is 1. The van der Waals surface area contributed by atoms with Crippen LogP contribution in [0.25, 0.3) is 0 Å².